The predicted octanol–water partition coefficient (Wildman–Crippen LogP) is 2.75. The molecule has 1 heterocycles. The van der Waals surface area contributed by atoms with Gasteiger partial charge in [-0.1, -0.05) is 18.2 Å². The zero-order valence-electron chi connectivity index (χ0n) is 19.2. The van der Waals surface area contributed by atoms with Crippen LogP contribution in [0.1, 0.15) is 24.0 Å². The minimum Gasteiger partial charge on any atom is -0.493 e. The molecule has 2 aromatic carbocycles. The van der Waals surface area contributed by atoms with E-state index in [4.69, 9.17) is 14.2 Å². The van der Waals surface area contributed by atoms with Crippen molar-refractivity contribution in [1.29, 1.82) is 0 Å². The summed E-state index contributed by atoms with van der Waals surface area (Å²) in [6, 6.07) is 11.9. The lowest BCUT2D eigenvalue weighted by molar-refractivity contribution is -0.118. The molecule has 1 aliphatic heterocycles. The topological polar surface area (TPSA) is 84.4 Å². The number of carbonyl (C=O) groups is 1. The highest BCUT2D eigenvalue weighted by atomic mass is 16.5. The fraction of sp³-hybridized carbons (Fsp3) is 0.417. The lowest BCUT2D eigenvalue weighted by Gasteiger charge is -2.18. The molecular formula is C24H32N4O4. The number of benzene rings is 2. The van der Waals surface area contributed by atoms with Crippen LogP contribution in [0.3, 0.4) is 0 Å². The van der Waals surface area contributed by atoms with Crippen molar-refractivity contribution in [3.63, 3.8) is 0 Å². The number of nitrogens with one attached hydrogen (secondary N) is 2. The second-order valence-corrected chi connectivity index (χ2v) is 7.41. The van der Waals surface area contributed by atoms with Crippen LogP contribution in [0.5, 0.6) is 17.2 Å². The normalized spacial score (nSPS) is 12.9. The molecule has 1 amide bonds. The van der Waals surface area contributed by atoms with Gasteiger partial charge in [0.2, 0.25) is 11.7 Å². The average Bonchev–Trinajstić information content (AvgIpc) is 3.27. The molecule has 0 radical (unpaired) electrons. The summed E-state index contributed by atoms with van der Waals surface area (Å²) in [6.07, 6.45) is 2.14. The quantitative estimate of drug-likeness (QED) is 0.354. The molecule has 172 valence electrons. The summed E-state index contributed by atoms with van der Waals surface area (Å²) in [4.78, 5) is 18.8. The van der Waals surface area contributed by atoms with Gasteiger partial charge in [-0.15, -0.1) is 0 Å². The number of anilines is 1. The molecule has 0 saturated heterocycles. The Morgan fingerprint density at radius 2 is 1.78 bits per heavy atom. The number of nitrogens with zero attached hydrogens (tertiary/aromatic N) is 2. The Balaban J connectivity index is 1.46. The van der Waals surface area contributed by atoms with Gasteiger partial charge in [0.1, 0.15) is 0 Å². The molecule has 0 unspecified atom stereocenters. The Bertz CT molecular complexity index is 936. The van der Waals surface area contributed by atoms with Gasteiger partial charge in [0.05, 0.1) is 21.3 Å². The molecule has 0 fully saturated rings. The van der Waals surface area contributed by atoms with E-state index in [2.05, 4.69) is 21.7 Å². The molecule has 0 atom stereocenters. The van der Waals surface area contributed by atoms with Gasteiger partial charge >= 0.3 is 0 Å². The second-order valence-electron chi connectivity index (χ2n) is 7.41. The number of hydrogen-bond acceptors (Lipinski definition) is 5. The van der Waals surface area contributed by atoms with Gasteiger partial charge in [0, 0.05) is 38.8 Å². The molecular weight excluding hydrogens is 408 g/mol. The van der Waals surface area contributed by atoms with Crippen molar-refractivity contribution in [2.75, 3.05) is 46.4 Å². The number of para-hydroxylation sites is 1. The smallest absolute Gasteiger partial charge is 0.227 e. The number of aliphatic imine (C=N–C) groups is 1. The Morgan fingerprint density at radius 1 is 1.06 bits per heavy atom. The van der Waals surface area contributed by atoms with Crippen molar-refractivity contribution in [1.82, 2.24) is 10.6 Å². The lowest BCUT2D eigenvalue weighted by atomic mass is 10.2. The van der Waals surface area contributed by atoms with Crippen molar-refractivity contribution in [3.8, 4) is 17.2 Å². The van der Waals surface area contributed by atoms with Gasteiger partial charge in [0.15, 0.2) is 17.5 Å². The number of hydrogen-bond donors (Lipinski definition) is 2. The van der Waals surface area contributed by atoms with Crippen LogP contribution >= 0.6 is 0 Å². The van der Waals surface area contributed by atoms with E-state index in [-0.39, 0.29) is 5.91 Å². The summed E-state index contributed by atoms with van der Waals surface area (Å²) in [5, 5.41) is 6.54. The van der Waals surface area contributed by atoms with Crippen molar-refractivity contribution >= 4 is 17.6 Å². The van der Waals surface area contributed by atoms with Crippen molar-refractivity contribution in [3.05, 3.63) is 47.5 Å². The van der Waals surface area contributed by atoms with Gasteiger partial charge in [-0.3, -0.25) is 9.79 Å². The first-order valence-corrected chi connectivity index (χ1v) is 10.7. The number of ether oxygens (including phenoxy) is 3. The van der Waals surface area contributed by atoms with Crippen molar-refractivity contribution < 1.29 is 19.0 Å². The van der Waals surface area contributed by atoms with Crippen LogP contribution in [0.4, 0.5) is 5.69 Å². The predicted molar refractivity (Wildman–Crippen MR) is 126 cm³/mol. The molecule has 2 aromatic rings. The molecule has 3 rings (SSSR count). The molecule has 32 heavy (non-hydrogen) atoms. The van der Waals surface area contributed by atoms with Crippen molar-refractivity contribution in [2.24, 2.45) is 4.99 Å². The second kappa shape index (κ2) is 11.3. The largest absolute Gasteiger partial charge is 0.493 e. The Labute approximate surface area is 189 Å². The molecule has 8 heteroatoms. The first kappa shape index (κ1) is 23.2. The van der Waals surface area contributed by atoms with E-state index >= 15 is 0 Å². The fourth-order valence-electron chi connectivity index (χ4n) is 3.82. The summed E-state index contributed by atoms with van der Waals surface area (Å²) < 4.78 is 16.2. The number of carbonyl (C=O) groups excluding carboxylic acids is 1. The van der Waals surface area contributed by atoms with E-state index in [1.165, 1.54) is 5.56 Å². The highest BCUT2D eigenvalue weighted by Gasteiger charge is 2.23. The van der Waals surface area contributed by atoms with Gasteiger partial charge in [-0.25, -0.2) is 0 Å². The fourth-order valence-corrected chi connectivity index (χ4v) is 3.82. The molecule has 2 N–H and O–H groups in total. The van der Waals surface area contributed by atoms with Crippen LogP contribution < -0.4 is 29.7 Å². The van der Waals surface area contributed by atoms with Crippen LogP contribution in [0.2, 0.25) is 0 Å². The molecule has 0 saturated carbocycles. The van der Waals surface area contributed by atoms with Crippen LogP contribution in [-0.2, 0) is 17.8 Å². The van der Waals surface area contributed by atoms with Gasteiger partial charge < -0.3 is 29.7 Å². The maximum atomic E-state index is 12.6. The first-order chi connectivity index (χ1) is 15.6. The zero-order valence-corrected chi connectivity index (χ0v) is 19.2. The molecule has 0 bridgehead atoms. The Morgan fingerprint density at radius 3 is 2.44 bits per heavy atom. The molecule has 0 aliphatic carbocycles. The third-order valence-electron chi connectivity index (χ3n) is 5.46. The lowest BCUT2D eigenvalue weighted by Crippen LogP contribution is -2.38. The maximum absolute atomic E-state index is 12.6. The van der Waals surface area contributed by atoms with E-state index < -0.39 is 0 Å². The highest BCUT2D eigenvalue weighted by molar-refractivity contribution is 5.95. The average molecular weight is 441 g/mol. The zero-order chi connectivity index (χ0) is 22.9. The number of methoxy groups -OCH3 is 3. The summed E-state index contributed by atoms with van der Waals surface area (Å²) in [6.45, 7) is 1.94. The maximum Gasteiger partial charge on any atom is 0.227 e. The number of rotatable bonds is 9. The third kappa shape index (κ3) is 5.43. The van der Waals surface area contributed by atoms with E-state index in [0.717, 1.165) is 30.6 Å². The molecule has 8 nitrogen and oxygen atoms in total. The minimum atomic E-state index is 0.164. The summed E-state index contributed by atoms with van der Waals surface area (Å²) >= 11 is 0. The van der Waals surface area contributed by atoms with E-state index in [1.54, 1.807) is 28.4 Å². The number of guanidine groups is 1. The minimum absolute atomic E-state index is 0.164. The molecule has 0 spiro atoms. The highest BCUT2D eigenvalue weighted by Crippen LogP contribution is 2.38. The summed E-state index contributed by atoms with van der Waals surface area (Å²) in [5.41, 5.74) is 3.26. The monoisotopic (exact) mass is 440 g/mol. The first-order valence-electron chi connectivity index (χ1n) is 10.7. The van der Waals surface area contributed by atoms with Crippen LogP contribution in [0, 0.1) is 0 Å². The van der Waals surface area contributed by atoms with E-state index in [9.17, 15) is 4.79 Å². The Hall–Kier alpha value is -3.42. The molecule has 0 aromatic heterocycles. The van der Waals surface area contributed by atoms with Crippen LogP contribution in [-0.4, -0.2) is 53.3 Å². The SMILES string of the molecule is CN=C(NCCCC(=O)N1CCc2ccccc21)NCc1cc(OC)c(OC)c(OC)c1. The van der Waals surface area contributed by atoms with Gasteiger partial charge in [0.25, 0.3) is 0 Å². The number of fused-ring (bicyclic) bond motifs is 1. The third-order valence-corrected chi connectivity index (χ3v) is 5.46. The summed E-state index contributed by atoms with van der Waals surface area (Å²) in [5.74, 6) is 2.60. The van der Waals surface area contributed by atoms with Gasteiger partial charge in [-0.05, 0) is 42.2 Å². The van der Waals surface area contributed by atoms with Crippen LogP contribution in [0.15, 0.2) is 41.4 Å². The van der Waals surface area contributed by atoms with Gasteiger partial charge in [-0.2, -0.15) is 0 Å². The standard InChI is InChI=1S/C24H32N4O4/c1-25-24(27-16-17-14-20(30-2)23(32-4)21(15-17)31-3)26-12-7-10-22(29)28-13-11-18-8-5-6-9-19(18)28/h5-6,8-9,14-15H,7,10-13,16H2,1-4H3,(H2,25,26,27). The number of amides is 1. The van der Waals surface area contributed by atoms with E-state index in [1.807, 2.05) is 35.2 Å². The molecule has 1 aliphatic rings. The van der Waals surface area contributed by atoms with Crippen molar-refractivity contribution in [2.45, 2.75) is 25.8 Å². The van der Waals surface area contributed by atoms with Crippen LogP contribution in [0.25, 0.3) is 0 Å². The van der Waals surface area contributed by atoms with E-state index in [0.29, 0.717) is 42.7 Å². The summed E-state index contributed by atoms with van der Waals surface area (Å²) in [7, 11) is 6.49. The Kier molecular flexibility index (Phi) is 8.19.